The van der Waals surface area contributed by atoms with E-state index in [2.05, 4.69) is 58.1 Å². The Labute approximate surface area is 244 Å². The highest BCUT2D eigenvalue weighted by atomic mass is 35.5. The minimum atomic E-state index is 0.000976. The molecule has 1 N–H and O–H groups in total. The summed E-state index contributed by atoms with van der Waals surface area (Å²) in [6.45, 7) is 11.5. The van der Waals surface area contributed by atoms with E-state index < -0.39 is 0 Å². The Balaban J connectivity index is 1.23. The molecule has 5 rings (SSSR count). The molecule has 2 atom stereocenters. The van der Waals surface area contributed by atoms with E-state index in [0.717, 1.165) is 68.0 Å². The molecular formula is C32H44Cl2N4O. The van der Waals surface area contributed by atoms with Gasteiger partial charge in [-0.05, 0) is 56.0 Å². The SMILES string of the molecule is CC(C)N1C[C@H](C(=O)N2CCN(C3(CNCc4ccccc4Cl)CCCCC3)CC2)[C@@H](c2ccc(Cl)cc2)C1. The lowest BCUT2D eigenvalue weighted by Gasteiger charge is -2.50. The Bertz CT molecular complexity index is 1090. The summed E-state index contributed by atoms with van der Waals surface area (Å²) in [6, 6.07) is 16.7. The van der Waals surface area contributed by atoms with Gasteiger partial charge in [-0.3, -0.25) is 14.6 Å². The lowest BCUT2D eigenvalue weighted by molar-refractivity contribution is -0.138. The maximum atomic E-state index is 14.0. The molecule has 2 saturated heterocycles. The van der Waals surface area contributed by atoms with Crippen LogP contribution in [0, 0.1) is 5.92 Å². The molecule has 7 heteroatoms. The Morgan fingerprint density at radius 1 is 0.949 bits per heavy atom. The van der Waals surface area contributed by atoms with E-state index >= 15 is 0 Å². The van der Waals surface area contributed by atoms with Crippen LogP contribution in [0.3, 0.4) is 0 Å². The van der Waals surface area contributed by atoms with Gasteiger partial charge in [0.05, 0.1) is 5.92 Å². The molecule has 2 aliphatic heterocycles. The first-order chi connectivity index (χ1) is 18.9. The molecule has 0 spiro atoms. The number of rotatable bonds is 8. The number of likely N-dealkylation sites (tertiary alicyclic amines) is 1. The fraction of sp³-hybridized carbons (Fsp3) is 0.594. The van der Waals surface area contributed by atoms with Crippen molar-refractivity contribution in [2.75, 3.05) is 45.8 Å². The highest BCUT2D eigenvalue weighted by Crippen LogP contribution is 2.37. The average molecular weight is 572 g/mol. The number of piperazine rings is 1. The van der Waals surface area contributed by atoms with E-state index in [0.29, 0.717) is 11.9 Å². The monoisotopic (exact) mass is 570 g/mol. The van der Waals surface area contributed by atoms with Gasteiger partial charge in [0, 0.05) is 79.9 Å². The van der Waals surface area contributed by atoms with E-state index in [4.69, 9.17) is 23.2 Å². The number of hydrogen-bond donors (Lipinski definition) is 1. The Kier molecular flexibility index (Phi) is 9.56. The second-order valence-corrected chi connectivity index (χ2v) is 12.9. The van der Waals surface area contributed by atoms with Crippen molar-refractivity contribution in [2.45, 2.75) is 70.0 Å². The highest BCUT2D eigenvalue weighted by Gasteiger charge is 2.44. The van der Waals surface area contributed by atoms with Crippen LogP contribution >= 0.6 is 23.2 Å². The van der Waals surface area contributed by atoms with Crippen LogP contribution in [0.15, 0.2) is 48.5 Å². The van der Waals surface area contributed by atoms with Crippen molar-refractivity contribution in [2.24, 2.45) is 5.92 Å². The van der Waals surface area contributed by atoms with Crippen LogP contribution in [0.25, 0.3) is 0 Å². The predicted octanol–water partition coefficient (Wildman–Crippen LogP) is 6.05. The predicted molar refractivity (Wildman–Crippen MR) is 162 cm³/mol. The van der Waals surface area contributed by atoms with Gasteiger partial charge in [-0.1, -0.05) is 72.8 Å². The van der Waals surface area contributed by atoms with Gasteiger partial charge in [0.25, 0.3) is 0 Å². The maximum Gasteiger partial charge on any atom is 0.227 e. The number of benzene rings is 2. The van der Waals surface area contributed by atoms with Crippen LogP contribution in [-0.4, -0.2) is 78.0 Å². The molecule has 0 bridgehead atoms. The first-order valence-corrected chi connectivity index (χ1v) is 15.6. The van der Waals surface area contributed by atoms with Crippen molar-refractivity contribution in [1.29, 1.82) is 0 Å². The van der Waals surface area contributed by atoms with Crippen LogP contribution in [0.5, 0.6) is 0 Å². The molecule has 1 aliphatic carbocycles. The van der Waals surface area contributed by atoms with Crippen LogP contribution in [0.2, 0.25) is 10.0 Å². The number of nitrogens with one attached hydrogen (secondary N) is 1. The van der Waals surface area contributed by atoms with E-state index in [1.807, 2.05) is 24.3 Å². The first-order valence-electron chi connectivity index (χ1n) is 14.8. The molecule has 1 amide bonds. The molecule has 1 saturated carbocycles. The molecule has 0 unspecified atom stereocenters. The van der Waals surface area contributed by atoms with Crippen molar-refractivity contribution in [3.05, 3.63) is 69.7 Å². The smallest absolute Gasteiger partial charge is 0.227 e. The molecular weight excluding hydrogens is 527 g/mol. The second-order valence-electron chi connectivity index (χ2n) is 12.1. The van der Waals surface area contributed by atoms with Gasteiger partial charge >= 0.3 is 0 Å². The second kappa shape index (κ2) is 12.9. The average Bonchev–Trinajstić information content (AvgIpc) is 3.41. The zero-order chi connectivity index (χ0) is 27.4. The highest BCUT2D eigenvalue weighted by molar-refractivity contribution is 6.31. The third kappa shape index (κ3) is 6.65. The van der Waals surface area contributed by atoms with E-state index in [9.17, 15) is 4.79 Å². The topological polar surface area (TPSA) is 38.8 Å². The number of amides is 1. The zero-order valence-corrected chi connectivity index (χ0v) is 25.1. The van der Waals surface area contributed by atoms with Crippen LogP contribution in [-0.2, 0) is 11.3 Å². The molecule has 5 nitrogen and oxygen atoms in total. The number of carbonyl (C=O) groups is 1. The first kappa shape index (κ1) is 28.9. The van der Waals surface area contributed by atoms with Crippen molar-refractivity contribution in [1.82, 2.24) is 20.0 Å². The summed E-state index contributed by atoms with van der Waals surface area (Å²) >= 11 is 12.6. The fourth-order valence-electron chi connectivity index (χ4n) is 7.08. The molecule has 212 valence electrons. The number of hydrogen-bond acceptors (Lipinski definition) is 4. The Morgan fingerprint density at radius 2 is 1.64 bits per heavy atom. The van der Waals surface area contributed by atoms with Crippen LogP contribution in [0.4, 0.5) is 0 Å². The lowest BCUT2D eigenvalue weighted by atomic mass is 9.79. The molecule has 2 aromatic rings. The van der Waals surface area contributed by atoms with Gasteiger partial charge < -0.3 is 10.2 Å². The van der Waals surface area contributed by atoms with Crippen molar-refractivity contribution >= 4 is 29.1 Å². The van der Waals surface area contributed by atoms with Gasteiger partial charge in [0.15, 0.2) is 0 Å². The molecule has 0 aromatic heterocycles. The molecule has 3 fully saturated rings. The summed E-state index contributed by atoms with van der Waals surface area (Å²) in [5.41, 5.74) is 2.55. The minimum absolute atomic E-state index is 0.000976. The summed E-state index contributed by atoms with van der Waals surface area (Å²) in [5.74, 6) is 0.544. The van der Waals surface area contributed by atoms with E-state index in [-0.39, 0.29) is 17.4 Å². The van der Waals surface area contributed by atoms with Gasteiger partial charge in [-0.25, -0.2) is 0 Å². The standard InChI is InChI=1S/C32H44Cl2N4O/c1-24(2)37-21-28(25-10-12-27(33)13-11-25)29(22-37)31(39)36-16-18-38(19-17-36)32(14-6-3-7-15-32)23-35-20-26-8-4-5-9-30(26)34/h4-5,8-13,24,28-29,35H,3,6-7,14-23H2,1-2H3/t28-,29+/m1/s1. The van der Waals surface area contributed by atoms with Crippen molar-refractivity contribution in [3.8, 4) is 0 Å². The molecule has 39 heavy (non-hydrogen) atoms. The van der Waals surface area contributed by atoms with E-state index in [1.165, 1.54) is 37.7 Å². The summed E-state index contributed by atoms with van der Waals surface area (Å²) in [5, 5.41) is 5.32. The van der Waals surface area contributed by atoms with Gasteiger partial charge in [-0.2, -0.15) is 0 Å². The normalized spacial score (nSPS) is 24.4. The Hall–Kier alpha value is -1.63. The minimum Gasteiger partial charge on any atom is -0.340 e. The molecule has 3 aliphatic rings. The summed E-state index contributed by atoms with van der Waals surface area (Å²) < 4.78 is 0. The van der Waals surface area contributed by atoms with Gasteiger partial charge in [0.1, 0.15) is 0 Å². The van der Waals surface area contributed by atoms with Crippen LogP contribution < -0.4 is 5.32 Å². The van der Waals surface area contributed by atoms with Gasteiger partial charge in [-0.15, -0.1) is 0 Å². The summed E-state index contributed by atoms with van der Waals surface area (Å²) in [4.78, 5) is 21.3. The Morgan fingerprint density at radius 3 is 2.31 bits per heavy atom. The van der Waals surface area contributed by atoms with Gasteiger partial charge in [0.2, 0.25) is 5.91 Å². The lowest BCUT2D eigenvalue weighted by Crippen LogP contribution is -2.62. The fourth-order valence-corrected chi connectivity index (χ4v) is 7.40. The zero-order valence-electron chi connectivity index (χ0n) is 23.5. The van der Waals surface area contributed by atoms with Crippen molar-refractivity contribution < 1.29 is 4.79 Å². The van der Waals surface area contributed by atoms with Crippen LogP contribution in [0.1, 0.15) is 63.0 Å². The van der Waals surface area contributed by atoms with E-state index in [1.54, 1.807) is 0 Å². The number of halogens is 2. The third-order valence-corrected chi connectivity index (χ3v) is 10.1. The van der Waals surface area contributed by atoms with Crippen molar-refractivity contribution in [3.63, 3.8) is 0 Å². The third-order valence-electron chi connectivity index (χ3n) is 9.47. The molecule has 0 radical (unpaired) electrons. The number of nitrogens with zero attached hydrogens (tertiary/aromatic N) is 3. The largest absolute Gasteiger partial charge is 0.340 e. The number of carbonyl (C=O) groups excluding carboxylic acids is 1. The molecule has 2 heterocycles. The quantitative estimate of drug-likeness (QED) is 0.419. The maximum absolute atomic E-state index is 14.0. The molecule has 2 aromatic carbocycles. The summed E-state index contributed by atoms with van der Waals surface area (Å²) in [6.07, 6.45) is 6.33. The summed E-state index contributed by atoms with van der Waals surface area (Å²) in [7, 11) is 0.